The van der Waals surface area contributed by atoms with Crippen LogP contribution in [0.25, 0.3) is 11.1 Å². The number of aromatic nitrogens is 1. The zero-order valence-electron chi connectivity index (χ0n) is 16.9. The molecule has 1 aliphatic rings. The number of aromatic amines is 1. The quantitative estimate of drug-likeness (QED) is 0.469. The van der Waals surface area contributed by atoms with Crippen molar-refractivity contribution in [1.82, 2.24) is 9.88 Å². The standard InChI is InChI=1S/C22H25FN2O4/c1-4-29-22(28)17-14(3)24-19(18(17)15-8-10-16(23)11-9-15)20(26)21(27)25-12-6-5-7-13(25)2/h8-11,13,24H,4-7,12H2,1-3H3/t13-/m1/s1. The van der Waals surface area contributed by atoms with Gasteiger partial charge < -0.3 is 14.6 Å². The summed E-state index contributed by atoms with van der Waals surface area (Å²) < 4.78 is 18.6. The minimum Gasteiger partial charge on any atom is -0.462 e. The van der Waals surface area contributed by atoms with Gasteiger partial charge in [-0.3, -0.25) is 9.59 Å². The van der Waals surface area contributed by atoms with Gasteiger partial charge in [-0.25, -0.2) is 9.18 Å². The van der Waals surface area contributed by atoms with Gasteiger partial charge in [0.2, 0.25) is 0 Å². The van der Waals surface area contributed by atoms with Crippen molar-refractivity contribution in [2.24, 2.45) is 0 Å². The molecule has 1 aromatic heterocycles. The Labute approximate surface area is 169 Å². The molecule has 0 bridgehead atoms. The van der Waals surface area contributed by atoms with Crippen molar-refractivity contribution in [1.29, 1.82) is 0 Å². The summed E-state index contributed by atoms with van der Waals surface area (Å²) in [5, 5.41) is 0. The van der Waals surface area contributed by atoms with Crippen molar-refractivity contribution in [3.8, 4) is 11.1 Å². The molecular formula is C22H25FN2O4. The Morgan fingerprint density at radius 3 is 2.52 bits per heavy atom. The van der Waals surface area contributed by atoms with Crippen LogP contribution in [0, 0.1) is 12.7 Å². The molecule has 1 N–H and O–H groups in total. The molecule has 0 saturated carbocycles. The van der Waals surface area contributed by atoms with Crippen LogP contribution < -0.4 is 0 Å². The molecule has 0 aliphatic carbocycles. The zero-order valence-corrected chi connectivity index (χ0v) is 16.9. The van der Waals surface area contributed by atoms with Gasteiger partial charge in [0, 0.05) is 23.8 Å². The van der Waals surface area contributed by atoms with E-state index in [2.05, 4.69) is 4.98 Å². The molecule has 154 valence electrons. The largest absolute Gasteiger partial charge is 0.462 e. The Kier molecular flexibility index (Phi) is 6.15. The van der Waals surface area contributed by atoms with Crippen molar-refractivity contribution in [2.45, 2.75) is 46.1 Å². The third-order valence-electron chi connectivity index (χ3n) is 5.29. The summed E-state index contributed by atoms with van der Waals surface area (Å²) in [4.78, 5) is 43.1. The number of piperidine rings is 1. The van der Waals surface area contributed by atoms with Crippen LogP contribution in [-0.2, 0) is 9.53 Å². The number of nitrogens with one attached hydrogen (secondary N) is 1. The molecule has 29 heavy (non-hydrogen) atoms. The Balaban J connectivity index is 2.09. The molecule has 2 aromatic rings. The Hall–Kier alpha value is -2.96. The maximum atomic E-state index is 13.4. The van der Waals surface area contributed by atoms with Crippen molar-refractivity contribution in [3.63, 3.8) is 0 Å². The number of likely N-dealkylation sites (tertiary alicyclic amines) is 1. The number of carbonyl (C=O) groups excluding carboxylic acids is 3. The van der Waals surface area contributed by atoms with Gasteiger partial charge in [0.25, 0.3) is 11.7 Å². The summed E-state index contributed by atoms with van der Waals surface area (Å²) in [5.74, 6) is -2.35. The Morgan fingerprint density at radius 2 is 1.90 bits per heavy atom. The minimum atomic E-state index is -0.711. The fraction of sp³-hybridized carbons (Fsp3) is 0.409. The van der Waals surface area contributed by atoms with Gasteiger partial charge in [-0.1, -0.05) is 12.1 Å². The number of carbonyl (C=O) groups is 3. The number of hydrogen-bond donors (Lipinski definition) is 1. The van der Waals surface area contributed by atoms with Gasteiger partial charge in [-0.05, 0) is 57.7 Å². The van der Waals surface area contributed by atoms with Crippen LogP contribution in [0.2, 0.25) is 0 Å². The van der Waals surface area contributed by atoms with Crippen LogP contribution in [0.5, 0.6) is 0 Å². The average Bonchev–Trinajstić information content (AvgIpc) is 3.05. The molecule has 2 heterocycles. The first-order valence-electron chi connectivity index (χ1n) is 9.86. The van der Waals surface area contributed by atoms with Crippen LogP contribution in [0.4, 0.5) is 4.39 Å². The fourth-order valence-corrected chi connectivity index (χ4v) is 3.80. The molecule has 3 rings (SSSR count). The highest BCUT2D eigenvalue weighted by Gasteiger charge is 2.34. The predicted octanol–water partition coefficient (Wildman–Crippen LogP) is 3.89. The Morgan fingerprint density at radius 1 is 1.21 bits per heavy atom. The summed E-state index contributed by atoms with van der Waals surface area (Å²) in [7, 11) is 0. The number of hydrogen-bond acceptors (Lipinski definition) is 4. The number of Topliss-reactive ketones (excluding diaryl/α,β-unsaturated/α-hetero) is 1. The van der Waals surface area contributed by atoms with E-state index in [1.807, 2.05) is 6.92 Å². The number of ether oxygens (including phenoxy) is 1. The van der Waals surface area contributed by atoms with Gasteiger partial charge in [0.05, 0.1) is 12.2 Å². The highest BCUT2D eigenvalue weighted by Crippen LogP contribution is 2.32. The number of aryl methyl sites for hydroxylation is 1. The summed E-state index contributed by atoms with van der Waals surface area (Å²) in [5.41, 5.74) is 1.36. The molecule has 1 saturated heterocycles. The lowest BCUT2D eigenvalue weighted by molar-refractivity contribution is -0.129. The topological polar surface area (TPSA) is 79.5 Å². The SMILES string of the molecule is CCOC(=O)c1c(C)[nH]c(C(=O)C(=O)N2CCCC[C@H]2C)c1-c1ccc(F)cc1. The molecule has 6 nitrogen and oxygen atoms in total. The van der Waals surface area contributed by atoms with E-state index in [-0.39, 0.29) is 29.5 Å². The van der Waals surface area contributed by atoms with Crippen LogP contribution >= 0.6 is 0 Å². The van der Waals surface area contributed by atoms with E-state index >= 15 is 0 Å². The highest BCUT2D eigenvalue weighted by atomic mass is 19.1. The van der Waals surface area contributed by atoms with Crippen molar-refractivity contribution >= 4 is 17.7 Å². The van der Waals surface area contributed by atoms with E-state index in [9.17, 15) is 18.8 Å². The number of H-pyrrole nitrogens is 1. The van der Waals surface area contributed by atoms with Crippen molar-refractivity contribution in [2.75, 3.05) is 13.2 Å². The molecule has 0 spiro atoms. The van der Waals surface area contributed by atoms with E-state index in [4.69, 9.17) is 4.74 Å². The summed E-state index contributed by atoms with van der Waals surface area (Å²) in [6.45, 7) is 5.95. The van der Waals surface area contributed by atoms with E-state index in [0.29, 0.717) is 17.8 Å². The maximum absolute atomic E-state index is 13.4. The second kappa shape index (κ2) is 8.59. The molecular weight excluding hydrogens is 375 g/mol. The van der Waals surface area contributed by atoms with Gasteiger partial charge in [-0.15, -0.1) is 0 Å². The monoisotopic (exact) mass is 400 g/mol. The van der Waals surface area contributed by atoms with E-state index in [0.717, 1.165) is 19.3 Å². The lowest BCUT2D eigenvalue weighted by Gasteiger charge is -2.32. The van der Waals surface area contributed by atoms with Crippen LogP contribution in [0.3, 0.4) is 0 Å². The third-order valence-corrected chi connectivity index (χ3v) is 5.29. The molecule has 7 heteroatoms. The number of benzene rings is 1. The normalized spacial score (nSPS) is 16.6. The zero-order chi connectivity index (χ0) is 21.1. The van der Waals surface area contributed by atoms with Gasteiger partial charge in [0.15, 0.2) is 0 Å². The molecule has 1 aromatic carbocycles. The van der Waals surface area contributed by atoms with E-state index < -0.39 is 23.5 Å². The van der Waals surface area contributed by atoms with E-state index in [1.165, 1.54) is 24.3 Å². The summed E-state index contributed by atoms with van der Waals surface area (Å²) in [6.07, 6.45) is 2.72. The number of amides is 1. The van der Waals surface area contributed by atoms with Gasteiger partial charge in [0.1, 0.15) is 11.5 Å². The molecule has 1 amide bonds. The number of esters is 1. The minimum absolute atomic E-state index is 0.0185. The lowest BCUT2D eigenvalue weighted by Crippen LogP contribution is -2.45. The third kappa shape index (κ3) is 4.09. The second-order valence-corrected chi connectivity index (χ2v) is 7.27. The smallest absolute Gasteiger partial charge is 0.340 e. The van der Waals surface area contributed by atoms with Gasteiger partial charge in [-0.2, -0.15) is 0 Å². The predicted molar refractivity (Wildman–Crippen MR) is 106 cm³/mol. The number of rotatable bonds is 5. The lowest BCUT2D eigenvalue weighted by atomic mass is 9.97. The maximum Gasteiger partial charge on any atom is 0.340 e. The highest BCUT2D eigenvalue weighted by molar-refractivity contribution is 6.43. The first-order chi connectivity index (χ1) is 13.8. The number of ketones is 1. The summed E-state index contributed by atoms with van der Waals surface area (Å²) in [6, 6.07) is 5.43. The molecule has 0 unspecified atom stereocenters. The van der Waals surface area contributed by atoms with E-state index in [1.54, 1.807) is 18.7 Å². The molecule has 1 aliphatic heterocycles. The van der Waals surface area contributed by atoms with Crippen LogP contribution in [0.15, 0.2) is 24.3 Å². The summed E-state index contributed by atoms with van der Waals surface area (Å²) >= 11 is 0. The second-order valence-electron chi connectivity index (χ2n) is 7.27. The average molecular weight is 400 g/mol. The fourth-order valence-electron chi connectivity index (χ4n) is 3.80. The number of nitrogens with zero attached hydrogens (tertiary/aromatic N) is 1. The molecule has 0 radical (unpaired) electrons. The Bertz CT molecular complexity index is 933. The first kappa shape index (κ1) is 20.8. The van der Waals surface area contributed by atoms with Gasteiger partial charge >= 0.3 is 5.97 Å². The first-order valence-corrected chi connectivity index (χ1v) is 9.86. The van der Waals surface area contributed by atoms with Crippen molar-refractivity contribution in [3.05, 3.63) is 47.0 Å². The van der Waals surface area contributed by atoms with Crippen LogP contribution in [-0.4, -0.2) is 46.7 Å². The number of halogens is 1. The molecule has 1 fully saturated rings. The molecule has 1 atom stereocenters. The van der Waals surface area contributed by atoms with Crippen LogP contribution in [0.1, 0.15) is 59.7 Å². The van der Waals surface area contributed by atoms with Crippen molar-refractivity contribution < 1.29 is 23.5 Å².